The van der Waals surface area contributed by atoms with Gasteiger partial charge in [-0.25, -0.2) is 13.1 Å². The Hall–Kier alpha value is -1.11. The second-order valence-electron chi connectivity index (χ2n) is 4.99. The van der Waals surface area contributed by atoms with E-state index in [1.807, 2.05) is 13.8 Å². The number of rotatable bonds is 7. The Bertz CT molecular complexity index is 571. The number of aliphatic carboxylic acids is 1. The van der Waals surface area contributed by atoms with E-state index >= 15 is 0 Å². The van der Waals surface area contributed by atoms with E-state index in [4.69, 9.17) is 16.7 Å². The molecule has 5 nitrogen and oxygen atoms in total. The molecule has 1 rings (SSSR count). The number of sulfonamides is 1. The molecule has 0 saturated carbocycles. The van der Waals surface area contributed by atoms with Crippen LogP contribution in [0.25, 0.3) is 0 Å². The highest BCUT2D eigenvalue weighted by Gasteiger charge is 2.25. The lowest BCUT2D eigenvalue weighted by atomic mass is 10.1. The van der Waals surface area contributed by atoms with Crippen LogP contribution in [0.1, 0.15) is 25.8 Å². The predicted molar refractivity (Wildman–Crippen MR) is 78.1 cm³/mol. The van der Waals surface area contributed by atoms with Gasteiger partial charge in [0.05, 0.1) is 5.75 Å². The zero-order valence-corrected chi connectivity index (χ0v) is 12.9. The number of carboxylic acids is 1. The zero-order chi connectivity index (χ0) is 15.3. The van der Waals surface area contributed by atoms with Gasteiger partial charge in [-0.3, -0.25) is 4.79 Å². The smallest absolute Gasteiger partial charge is 0.321 e. The van der Waals surface area contributed by atoms with Crippen molar-refractivity contribution in [3.63, 3.8) is 0 Å². The summed E-state index contributed by atoms with van der Waals surface area (Å²) in [4.78, 5) is 11.1. The highest BCUT2D eigenvalue weighted by Crippen LogP contribution is 2.18. The van der Waals surface area contributed by atoms with Gasteiger partial charge in [0.25, 0.3) is 0 Å². The number of halogens is 1. The van der Waals surface area contributed by atoms with Crippen molar-refractivity contribution in [2.75, 3.05) is 0 Å². The molecule has 1 atom stereocenters. The molecule has 0 bridgehead atoms. The summed E-state index contributed by atoms with van der Waals surface area (Å²) >= 11 is 5.91. The Morgan fingerprint density at radius 2 is 1.95 bits per heavy atom. The molecule has 20 heavy (non-hydrogen) atoms. The van der Waals surface area contributed by atoms with E-state index in [1.165, 1.54) is 0 Å². The van der Waals surface area contributed by atoms with E-state index in [2.05, 4.69) is 4.72 Å². The van der Waals surface area contributed by atoms with Crippen LogP contribution in [0.3, 0.4) is 0 Å². The summed E-state index contributed by atoms with van der Waals surface area (Å²) in [5, 5.41) is 9.39. The van der Waals surface area contributed by atoms with Gasteiger partial charge in [-0.2, -0.15) is 0 Å². The Labute approximate surface area is 124 Å². The van der Waals surface area contributed by atoms with Crippen LogP contribution in [0.5, 0.6) is 0 Å². The molecule has 0 aliphatic heterocycles. The van der Waals surface area contributed by atoms with Crippen molar-refractivity contribution in [2.24, 2.45) is 5.92 Å². The predicted octanol–water partition coefficient (Wildman–Crippen LogP) is 2.26. The minimum absolute atomic E-state index is 0.0686. The lowest BCUT2D eigenvalue weighted by Crippen LogP contribution is -2.42. The van der Waals surface area contributed by atoms with Crippen molar-refractivity contribution >= 4 is 27.6 Å². The second kappa shape index (κ2) is 7.06. The molecule has 2 N–H and O–H groups in total. The van der Waals surface area contributed by atoms with Crippen LogP contribution in [-0.4, -0.2) is 25.5 Å². The van der Waals surface area contributed by atoms with Crippen LogP contribution in [0, 0.1) is 5.92 Å². The molecule has 0 spiro atoms. The van der Waals surface area contributed by atoms with Crippen LogP contribution in [0.2, 0.25) is 5.02 Å². The largest absolute Gasteiger partial charge is 0.480 e. The molecule has 112 valence electrons. The number of hydrogen-bond acceptors (Lipinski definition) is 3. The Morgan fingerprint density at radius 1 is 1.35 bits per heavy atom. The fraction of sp³-hybridized carbons (Fsp3) is 0.462. The molecule has 0 saturated heterocycles. The first-order chi connectivity index (χ1) is 9.21. The van der Waals surface area contributed by atoms with Crippen molar-refractivity contribution in [1.82, 2.24) is 4.72 Å². The van der Waals surface area contributed by atoms with Crippen molar-refractivity contribution in [3.8, 4) is 0 Å². The van der Waals surface area contributed by atoms with Crippen LogP contribution < -0.4 is 4.72 Å². The fourth-order valence-corrected chi connectivity index (χ4v) is 3.41. The van der Waals surface area contributed by atoms with Gasteiger partial charge in [0.15, 0.2) is 0 Å². The van der Waals surface area contributed by atoms with E-state index in [9.17, 15) is 13.2 Å². The molecule has 0 fully saturated rings. The Morgan fingerprint density at radius 3 is 2.45 bits per heavy atom. The summed E-state index contributed by atoms with van der Waals surface area (Å²) in [6, 6.07) is 5.45. The average molecular weight is 320 g/mol. The SMILES string of the molecule is CC(C)C[C@@H](NS(=O)(=O)Cc1ccccc1Cl)C(=O)O. The molecule has 0 amide bonds. The first kappa shape index (κ1) is 16.9. The van der Waals surface area contributed by atoms with Crippen LogP contribution in [-0.2, 0) is 20.6 Å². The lowest BCUT2D eigenvalue weighted by molar-refractivity contribution is -0.139. The molecule has 1 aromatic carbocycles. The normalized spacial score (nSPS) is 13.4. The summed E-state index contributed by atoms with van der Waals surface area (Å²) in [6.45, 7) is 3.66. The molecule has 7 heteroatoms. The summed E-state index contributed by atoms with van der Waals surface area (Å²) in [6.07, 6.45) is 0.233. The summed E-state index contributed by atoms with van der Waals surface area (Å²) in [7, 11) is -3.76. The molecule has 0 unspecified atom stereocenters. The van der Waals surface area contributed by atoms with Gasteiger partial charge in [0.2, 0.25) is 10.0 Å². The lowest BCUT2D eigenvalue weighted by Gasteiger charge is -2.16. The van der Waals surface area contributed by atoms with E-state index in [-0.39, 0.29) is 18.1 Å². The quantitative estimate of drug-likeness (QED) is 0.807. The summed E-state index contributed by atoms with van der Waals surface area (Å²) in [5.74, 6) is -1.45. The highest BCUT2D eigenvalue weighted by molar-refractivity contribution is 7.88. The summed E-state index contributed by atoms with van der Waals surface area (Å²) < 4.78 is 26.2. The molecule has 0 aliphatic rings. The summed E-state index contributed by atoms with van der Waals surface area (Å²) in [5.41, 5.74) is 0.440. The molecule has 0 aromatic heterocycles. The van der Waals surface area contributed by atoms with Crippen molar-refractivity contribution in [2.45, 2.75) is 32.1 Å². The second-order valence-corrected chi connectivity index (χ2v) is 7.15. The van der Waals surface area contributed by atoms with Crippen molar-refractivity contribution < 1.29 is 18.3 Å². The third-order valence-electron chi connectivity index (χ3n) is 2.63. The van der Waals surface area contributed by atoms with Gasteiger partial charge in [0.1, 0.15) is 6.04 Å². The molecule has 0 radical (unpaired) electrons. The van der Waals surface area contributed by atoms with Gasteiger partial charge in [0, 0.05) is 5.02 Å². The van der Waals surface area contributed by atoms with Gasteiger partial charge < -0.3 is 5.11 Å². The van der Waals surface area contributed by atoms with E-state index in [0.717, 1.165) is 0 Å². The minimum atomic E-state index is -3.76. The van der Waals surface area contributed by atoms with Crippen LogP contribution in [0.15, 0.2) is 24.3 Å². The standard InChI is InChI=1S/C13H18ClNO4S/c1-9(2)7-12(13(16)17)15-20(18,19)8-10-5-3-4-6-11(10)14/h3-6,9,12,15H,7-8H2,1-2H3,(H,16,17)/t12-/m1/s1. The highest BCUT2D eigenvalue weighted by atomic mass is 35.5. The minimum Gasteiger partial charge on any atom is -0.480 e. The molecule has 1 aromatic rings. The topological polar surface area (TPSA) is 83.5 Å². The van der Waals surface area contributed by atoms with Gasteiger partial charge >= 0.3 is 5.97 Å². The number of hydrogen-bond donors (Lipinski definition) is 2. The van der Waals surface area contributed by atoms with Gasteiger partial charge in [-0.05, 0) is 24.0 Å². The molecular weight excluding hydrogens is 302 g/mol. The van der Waals surface area contributed by atoms with E-state index < -0.39 is 22.0 Å². The van der Waals surface area contributed by atoms with Crippen LogP contribution in [0.4, 0.5) is 0 Å². The van der Waals surface area contributed by atoms with E-state index in [1.54, 1.807) is 24.3 Å². The zero-order valence-electron chi connectivity index (χ0n) is 11.3. The third-order valence-corrected chi connectivity index (χ3v) is 4.33. The van der Waals surface area contributed by atoms with E-state index in [0.29, 0.717) is 10.6 Å². The van der Waals surface area contributed by atoms with Gasteiger partial charge in [-0.15, -0.1) is 0 Å². The average Bonchev–Trinajstić information content (AvgIpc) is 2.30. The molecule has 0 aliphatic carbocycles. The first-order valence-electron chi connectivity index (χ1n) is 6.17. The van der Waals surface area contributed by atoms with Crippen LogP contribution >= 0.6 is 11.6 Å². The molecular formula is C13H18ClNO4S. The van der Waals surface area contributed by atoms with Gasteiger partial charge in [-0.1, -0.05) is 43.6 Å². The first-order valence-corrected chi connectivity index (χ1v) is 8.20. The maximum atomic E-state index is 12.0. The number of nitrogens with one attached hydrogen (secondary N) is 1. The monoisotopic (exact) mass is 319 g/mol. The molecule has 0 heterocycles. The van der Waals surface area contributed by atoms with Crippen molar-refractivity contribution in [3.05, 3.63) is 34.9 Å². The maximum absolute atomic E-state index is 12.0. The fourth-order valence-electron chi connectivity index (χ4n) is 1.75. The Kier molecular flexibility index (Phi) is 5.98. The number of carboxylic acid groups (broad SMARTS) is 1. The number of carbonyl (C=O) groups is 1. The third kappa shape index (κ3) is 5.48. The number of benzene rings is 1. The maximum Gasteiger partial charge on any atom is 0.321 e. The Balaban J connectivity index is 2.83. The van der Waals surface area contributed by atoms with Crippen molar-refractivity contribution in [1.29, 1.82) is 0 Å².